The van der Waals surface area contributed by atoms with E-state index in [1.54, 1.807) is 19.1 Å². The van der Waals surface area contributed by atoms with Gasteiger partial charge in [0.2, 0.25) is 4.96 Å². The fourth-order valence-corrected chi connectivity index (χ4v) is 2.95. The summed E-state index contributed by atoms with van der Waals surface area (Å²) >= 11 is 1.20. The molecule has 0 saturated heterocycles. The third-order valence-corrected chi connectivity index (χ3v) is 3.94. The average molecular weight is 321 g/mol. The number of carbonyl (C=O) groups excluding carboxylic acids is 1. The van der Waals surface area contributed by atoms with Crippen molar-refractivity contribution in [3.63, 3.8) is 0 Å². The van der Waals surface area contributed by atoms with Crippen molar-refractivity contribution in [2.24, 2.45) is 0 Å². The molecule has 6 nitrogen and oxygen atoms in total. The second-order valence-corrected chi connectivity index (χ2v) is 5.35. The fraction of sp³-hybridized carbons (Fsp3) is 0.214. The van der Waals surface area contributed by atoms with Gasteiger partial charge in [-0.25, -0.2) is 18.7 Å². The van der Waals surface area contributed by atoms with Crippen molar-refractivity contribution in [1.29, 1.82) is 0 Å². The molecule has 0 atom stereocenters. The number of nitrogens with zero attached hydrogens (tertiary/aromatic N) is 3. The van der Waals surface area contributed by atoms with E-state index in [4.69, 9.17) is 4.74 Å². The van der Waals surface area contributed by atoms with Crippen molar-refractivity contribution in [2.75, 3.05) is 6.61 Å². The SMILES string of the molecule is CCOC(=O)c1nc2sc(-c3cccc(F)c3)nn2c1CO. The van der Waals surface area contributed by atoms with Crippen LogP contribution in [0, 0.1) is 5.82 Å². The minimum absolute atomic E-state index is 0.0499. The summed E-state index contributed by atoms with van der Waals surface area (Å²) in [5, 5.41) is 14.3. The number of aliphatic hydroxyl groups is 1. The maximum absolute atomic E-state index is 13.3. The molecule has 0 aliphatic rings. The fourth-order valence-electron chi connectivity index (χ4n) is 2.03. The number of rotatable bonds is 4. The number of aromatic nitrogens is 3. The van der Waals surface area contributed by atoms with Crippen LogP contribution in [0.3, 0.4) is 0 Å². The summed E-state index contributed by atoms with van der Waals surface area (Å²) in [5.74, 6) is -0.962. The Bertz CT molecular complexity index is 843. The van der Waals surface area contributed by atoms with Crippen molar-refractivity contribution in [1.82, 2.24) is 14.6 Å². The number of carbonyl (C=O) groups is 1. The molecule has 0 amide bonds. The topological polar surface area (TPSA) is 76.7 Å². The first-order valence-corrected chi connectivity index (χ1v) is 7.38. The Hall–Kier alpha value is -2.32. The number of hydrogen-bond acceptors (Lipinski definition) is 6. The van der Waals surface area contributed by atoms with Crippen LogP contribution in [-0.4, -0.2) is 32.3 Å². The van der Waals surface area contributed by atoms with Crippen LogP contribution in [0.5, 0.6) is 0 Å². The Morgan fingerprint density at radius 2 is 2.32 bits per heavy atom. The summed E-state index contributed by atoms with van der Waals surface area (Å²) in [6.07, 6.45) is 0. The molecule has 3 aromatic rings. The highest BCUT2D eigenvalue weighted by Gasteiger charge is 2.22. The lowest BCUT2D eigenvalue weighted by molar-refractivity contribution is 0.0516. The lowest BCUT2D eigenvalue weighted by Crippen LogP contribution is -2.09. The van der Waals surface area contributed by atoms with Crippen LogP contribution < -0.4 is 0 Å². The van der Waals surface area contributed by atoms with Crippen molar-refractivity contribution in [3.05, 3.63) is 41.5 Å². The van der Waals surface area contributed by atoms with Gasteiger partial charge in [0.05, 0.1) is 13.2 Å². The predicted molar refractivity (Wildman–Crippen MR) is 78.1 cm³/mol. The lowest BCUT2D eigenvalue weighted by atomic mass is 10.2. The number of aliphatic hydroxyl groups excluding tert-OH is 1. The van der Waals surface area contributed by atoms with Crippen LogP contribution >= 0.6 is 11.3 Å². The first-order valence-electron chi connectivity index (χ1n) is 6.56. The van der Waals surface area contributed by atoms with E-state index in [1.807, 2.05) is 0 Å². The highest BCUT2D eigenvalue weighted by Crippen LogP contribution is 2.28. The van der Waals surface area contributed by atoms with E-state index in [0.717, 1.165) is 0 Å². The predicted octanol–water partition coefficient (Wildman–Crippen LogP) is 2.27. The molecular weight excluding hydrogens is 309 g/mol. The number of esters is 1. The van der Waals surface area contributed by atoms with Crippen molar-refractivity contribution in [3.8, 4) is 10.6 Å². The molecule has 0 spiro atoms. The number of fused-ring (bicyclic) bond motifs is 1. The standard InChI is InChI=1S/C14H12FN3O3S/c1-2-21-13(20)11-10(7-19)18-14(16-11)22-12(17-18)8-4-3-5-9(15)6-8/h3-6,19H,2,7H2,1H3. The van der Waals surface area contributed by atoms with E-state index in [0.29, 0.717) is 15.5 Å². The Morgan fingerprint density at radius 1 is 1.50 bits per heavy atom. The molecule has 1 aromatic carbocycles. The van der Waals surface area contributed by atoms with Crippen LogP contribution in [0.2, 0.25) is 0 Å². The van der Waals surface area contributed by atoms with Gasteiger partial charge in [-0.3, -0.25) is 0 Å². The van der Waals surface area contributed by atoms with Crippen molar-refractivity contribution >= 4 is 22.3 Å². The van der Waals surface area contributed by atoms with E-state index in [2.05, 4.69) is 10.1 Å². The highest BCUT2D eigenvalue weighted by molar-refractivity contribution is 7.19. The lowest BCUT2D eigenvalue weighted by Gasteiger charge is -2.00. The van der Waals surface area contributed by atoms with Gasteiger partial charge in [0.25, 0.3) is 0 Å². The molecule has 8 heteroatoms. The van der Waals surface area contributed by atoms with E-state index in [-0.39, 0.29) is 23.8 Å². The molecule has 0 saturated carbocycles. The minimum Gasteiger partial charge on any atom is -0.461 e. The first kappa shape index (κ1) is 14.6. The van der Waals surface area contributed by atoms with Gasteiger partial charge >= 0.3 is 5.97 Å². The average Bonchev–Trinajstić information content (AvgIpc) is 3.04. The quantitative estimate of drug-likeness (QED) is 0.746. The van der Waals surface area contributed by atoms with Crippen LogP contribution in [0.25, 0.3) is 15.5 Å². The Morgan fingerprint density at radius 3 is 3.00 bits per heavy atom. The molecule has 0 unspecified atom stereocenters. The Labute approximate surface area is 128 Å². The number of halogens is 1. The molecule has 0 aliphatic heterocycles. The molecule has 2 heterocycles. The smallest absolute Gasteiger partial charge is 0.359 e. The third kappa shape index (κ3) is 2.46. The van der Waals surface area contributed by atoms with Gasteiger partial charge in [-0.2, -0.15) is 5.10 Å². The number of hydrogen-bond donors (Lipinski definition) is 1. The summed E-state index contributed by atoms with van der Waals surface area (Å²) in [6.45, 7) is 1.51. The monoisotopic (exact) mass is 321 g/mol. The van der Waals surface area contributed by atoms with Crippen LogP contribution in [0.1, 0.15) is 23.1 Å². The summed E-state index contributed by atoms with van der Waals surface area (Å²) < 4.78 is 19.6. The largest absolute Gasteiger partial charge is 0.461 e. The van der Waals surface area contributed by atoms with Gasteiger partial charge in [-0.15, -0.1) is 0 Å². The molecular formula is C14H12FN3O3S. The summed E-state index contributed by atoms with van der Waals surface area (Å²) in [6, 6.07) is 6.03. The summed E-state index contributed by atoms with van der Waals surface area (Å²) in [5.41, 5.74) is 0.915. The zero-order chi connectivity index (χ0) is 15.7. The van der Waals surface area contributed by atoms with Gasteiger partial charge in [-0.1, -0.05) is 23.5 Å². The van der Waals surface area contributed by atoms with Crippen LogP contribution in [-0.2, 0) is 11.3 Å². The van der Waals surface area contributed by atoms with Gasteiger partial charge in [0.1, 0.15) is 16.5 Å². The Balaban J connectivity index is 2.08. The molecule has 0 radical (unpaired) electrons. The molecule has 0 fully saturated rings. The minimum atomic E-state index is -0.600. The van der Waals surface area contributed by atoms with Gasteiger partial charge < -0.3 is 9.84 Å². The highest BCUT2D eigenvalue weighted by atomic mass is 32.1. The number of ether oxygens (including phenoxy) is 1. The second-order valence-electron chi connectivity index (χ2n) is 4.40. The molecule has 3 rings (SSSR count). The molecule has 22 heavy (non-hydrogen) atoms. The van der Waals surface area contributed by atoms with Crippen molar-refractivity contribution in [2.45, 2.75) is 13.5 Å². The maximum Gasteiger partial charge on any atom is 0.359 e. The first-order chi connectivity index (χ1) is 10.6. The van der Waals surface area contributed by atoms with Gasteiger partial charge in [0, 0.05) is 5.56 Å². The molecule has 2 aromatic heterocycles. The van der Waals surface area contributed by atoms with E-state index < -0.39 is 12.6 Å². The van der Waals surface area contributed by atoms with Crippen LogP contribution in [0.15, 0.2) is 24.3 Å². The normalized spacial score (nSPS) is 11.0. The maximum atomic E-state index is 13.3. The molecule has 1 N–H and O–H groups in total. The van der Waals surface area contributed by atoms with E-state index in [1.165, 1.54) is 28.0 Å². The van der Waals surface area contributed by atoms with E-state index >= 15 is 0 Å². The van der Waals surface area contributed by atoms with Crippen molar-refractivity contribution < 1.29 is 19.0 Å². The number of benzene rings is 1. The Kier molecular flexibility index (Phi) is 3.86. The van der Waals surface area contributed by atoms with Crippen LogP contribution in [0.4, 0.5) is 4.39 Å². The third-order valence-electron chi connectivity index (χ3n) is 2.99. The zero-order valence-corrected chi connectivity index (χ0v) is 12.4. The molecule has 0 aliphatic carbocycles. The van der Waals surface area contributed by atoms with Gasteiger partial charge in [-0.05, 0) is 19.1 Å². The number of imidazole rings is 1. The van der Waals surface area contributed by atoms with Gasteiger partial charge in [0.15, 0.2) is 5.69 Å². The molecule has 114 valence electrons. The molecule has 0 bridgehead atoms. The summed E-state index contributed by atoms with van der Waals surface area (Å²) in [7, 11) is 0. The second kappa shape index (κ2) is 5.82. The summed E-state index contributed by atoms with van der Waals surface area (Å²) in [4.78, 5) is 16.4. The zero-order valence-electron chi connectivity index (χ0n) is 11.6. The van der Waals surface area contributed by atoms with E-state index in [9.17, 15) is 14.3 Å².